The Bertz CT molecular complexity index is 558. The van der Waals surface area contributed by atoms with Crippen LogP contribution in [0.3, 0.4) is 0 Å². The predicted molar refractivity (Wildman–Crippen MR) is 75.7 cm³/mol. The topological polar surface area (TPSA) is 64.7 Å². The molecular weight excluding hydrogens is 244 g/mol. The highest BCUT2D eigenvalue weighted by Gasteiger charge is 2.19. The van der Waals surface area contributed by atoms with Gasteiger partial charge in [-0.25, -0.2) is 15.0 Å². The van der Waals surface area contributed by atoms with E-state index in [0.717, 1.165) is 22.0 Å². The fraction of sp³-hybridized carbons (Fsp3) is 0.462. The van der Waals surface area contributed by atoms with Crippen LogP contribution in [-0.4, -0.2) is 15.0 Å². The first-order valence-electron chi connectivity index (χ1n) is 5.86. The van der Waals surface area contributed by atoms with Gasteiger partial charge in [-0.05, 0) is 13.8 Å². The summed E-state index contributed by atoms with van der Waals surface area (Å²) in [7, 11) is 0. The first kappa shape index (κ1) is 13.0. The van der Waals surface area contributed by atoms with Crippen molar-refractivity contribution in [2.24, 2.45) is 0 Å². The molecule has 0 saturated carbocycles. The molecule has 2 aromatic rings. The molecule has 0 aliphatic rings. The number of hydrogen-bond acceptors (Lipinski definition) is 5. The molecule has 5 heteroatoms. The van der Waals surface area contributed by atoms with E-state index in [-0.39, 0.29) is 5.41 Å². The first-order valence-corrected chi connectivity index (χ1v) is 6.74. The van der Waals surface area contributed by atoms with E-state index < -0.39 is 0 Å². The molecule has 2 N–H and O–H groups in total. The van der Waals surface area contributed by atoms with Crippen LogP contribution in [0.15, 0.2) is 5.38 Å². The number of anilines is 1. The van der Waals surface area contributed by atoms with Gasteiger partial charge in [-0.1, -0.05) is 20.8 Å². The van der Waals surface area contributed by atoms with E-state index in [9.17, 15) is 0 Å². The highest BCUT2D eigenvalue weighted by molar-refractivity contribution is 7.10. The number of thiazole rings is 1. The summed E-state index contributed by atoms with van der Waals surface area (Å²) in [5, 5.41) is 3.07. The Labute approximate surface area is 111 Å². The van der Waals surface area contributed by atoms with E-state index >= 15 is 0 Å². The second-order valence-electron chi connectivity index (χ2n) is 5.43. The fourth-order valence-electron chi connectivity index (χ4n) is 1.49. The number of nitrogens with zero attached hydrogens (tertiary/aromatic N) is 3. The van der Waals surface area contributed by atoms with Crippen molar-refractivity contribution in [3.63, 3.8) is 0 Å². The normalized spacial score (nSPS) is 11.8. The molecule has 0 aliphatic carbocycles. The summed E-state index contributed by atoms with van der Waals surface area (Å²) in [6.45, 7) is 10.3. The summed E-state index contributed by atoms with van der Waals surface area (Å²) in [6.07, 6.45) is 0. The van der Waals surface area contributed by atoms with Crippen molar-refractivity contribution >= 4 is 17.2 Å². The van der Waals surface area contributed by atoms with Crippen LogP contribution in [0.1, 0.15) is 37.0 Å². The van der Waals surface area contributed by atoms with Gasteiger partial charge in [0, 0.05) is 22.1 Å². The highest BCUT2D eigenvalue weighted by Crippen LogP contribution is 2.29. The molecule has 2 heterocycles. The molecule has 96 valence electrons. The second kappa shape index (κ2) is 4.31. The lowest BCUT2D eigenvalue weighted by molar-refractivity contribution is 0.586. The second-order valence-corrected chi connectivity index (χ2v) is 6.29. The Morgan fingerprint density at radius 3 is 2.28 bits per heavy atom. The highest BCUT2D eigenvalue weighted by atomic mass is 32.1. The van der Waals surface area contributed by atoms with E-state index in [0.29, 0.717) is 11.6 Å². The smallest absolute Gasteiger partial charge is 0.181 e. The third-order valence-corrected chi connectivity index (χ3v) is 4.07. The van der Waals surface area contributed by atoms with Crippen molar-refractivity contribution in [1.82, 2.24) is 15.0 Å². The molecule has 0 amide bonds. The zero-order valence-corrected chi connectivity index (χ0v) is 12.2. The Kier molecular flexibility index (Phi) is 3.11. The monoisotopic (exact) mass is 262 g/mol. The van der Waals surface area contributed by atoms with Gasteiger partial charge in [-0.3, -0.25) is 0 Å². The summed E-state index contributed by atoms with van der Waals surface area (Å²) >= 11 is 1.64. The average molecular weight is 262 g/mol. The molecule has 0 aromatic carbocycles. The molecule has 0 atom stereocenters. The van der Waals surface area contributed by atoms with E-state index in [2.05, 4.69) is 35.7 Å². The van der Waals surface area contributed by atoms with Crippen molar-refractivity contribution in [2.45, 2.75) is 40.0 Å². The van der Waals surface area contributed by atoms with Gasteiger partial charge in [0.1, 0.15) is 11.5 Å². The molecule has 0 radical (unpaired) electrons. The lowest BCUT2D eigenvalue weighted by atomic mass is 9.98. The van der Waals surface area contributed by atoms with Crippen molar-refractivity contribution in [3.8, 4) is 11.5 Å². The lowest BCUT2D eigenvalue weighted by Crippen LogP contribution is -2.10. The molecule has 4 nitrogen and oxygen atoms in total. The Morgan fingerprint density at radius 1 is 1.11 bits per heavy atom. The maximum atomic E-state index is 5.88. The van der Waals surface area contributed by atoms with Gasteiger partial charge in [0.2, 0.25) is 0 Å². The van der Waals surface area contributed by atoms with E-state index in [4.69, 9.17) is 5.73 Å². The van der Waals surface area contributed by atoms with Crippen LogP contribution in [0.2, 0.25) is 0 Å². The predicted octanol–water partition coefficient (Wildman–Crippen LogP) is 3.10. The summed E-state index contributed by atoms with van der Waals surface area (Å²) in [5.41, 5.74) is 8.57. The molecule has 2 aromatic heterocycles. The van der Waals surface area contributed by atoms with Crippen molar-refractivity contribution < 1.29 is 0 Å². The van der Waals surface area contributed by atoms with Gasteiger partial charge < -0.3 is 5.73 Å². The quantitative estimate of drug-likeness (QED) is 0.857. The summed E-state index contributed by atoms with van der Waals surface area (Å²) in [5.74, 6) is 1.14. The van der Waals surface area contributed by atoms with Gasteiger partial charge in [-0.2, -0.15) is 0 Å². The van der Waals surface area contributed by atoms with Crippen LogP contribution in [0.5, 0.6) is 0 Å². The first-order chi connectivity index (χ1) is 8.29. The maximum absolute atomic E-state index is 5.88. The van der Waals surface area contributed by atoms with Crippen LogP contribution in [0, 0.1) is 13.8 Å². The number of rotatable bonds is 1. The molecule has 0 unspecified atom stereocenters. The van der Waals surface area contributed by atoms with Gasteiger partial charge in [0.25, 0.3) is 0 Å². The number of aryl methyl sites for hydroxylation is 1. The third kappa shape index (κ3) is 2.36. The summed E-state index contributed by atoms with van der Waals surface area (Å²) < 4.78 is 0. The minimum Gasteiger partial charge on any atom is -0.383 e. The standard InChI is InChI=1S/C13H18N4S/c1-7-8(2)15-11(17-10(7)14)9-6-18-12(16-9)13(3,4)5/h6H,1-5H3,(H2,14,15,17). The lowest BCUT2D eigenvalue weighted by Gasteiger charge is -2.13. The number of aromatic nitrogens is 3. The summed E-state index contributed by atoms with van der Waals surface area (Å²) in [6, 6.07) is 0. The molecule has 0 bridgehead atoms. The average Bonchev–Trinajstić information content (AvgIpc) is 2.73. The fourth-order valence-corrected chi connectivity index (χ4v) is 2.37. The van der Waals surface area contributed by atoms with Gasteiger partial charge in [0.05, 0.1) is 5.01 Å². The van der Waals surface area contributed by atoms with Crippen molar-refractivity contribution in [2.75, 3.05) is 5.73 Å². The van der Waals surface area contributed by atoms with Gasteiger partial charge in [-0.15, -0.1) is 11.3 Å². The van der Waals surface area contributed by atoms with Crippen LogP contribution >= 0.6 is 11.3 Å². The van der Waals surface area contributed by atoms with Crippen LogP contribution in [0.4, 0.5) is 5.82 Å². The largest absolute Gasteiger partial charge is 0.383 e. The Balaban J connectivity index is 2.47. The minimum absolute atomic E-state index is 0.0498. The Hall–Kier alpha value is -1.49. The Morgan fingerprint density at radius 2 is 1.78 bits per heavy atom. The third-order valence-electron chi connectivity index (χ3n) is 2.80. The molecule has 2 rings (SSSR count). The zero-order chi connectivity index (χ0) is 13.5. The maximum Gasteiger partial charge on any atom is 0.181 e. The molecule has 18 heavy (non-hydrogen) atoms. The van der Waals surface area contributed by atoms with Crippen molar-refractivity contribution in [1.29, 1.82) is 0 Å². The van der Waals surface area contributed by atoms with E-state index in [1.807, 2.05) is 19.2 Å². The molecule has 0 saturated heterocycles. The minimum atomic E-state index is 0.0498. The molecule has 0 aliphatic heterocycles. The molecule has 0 fully saturated rings. The van der Waals surface area contributed by atoms with E-state index in [1.54, 1.807) is 11.3 Å². The SMILES string of the molecule is Cc1nc(-c2csc(C(C)(C)C)n2)nc(N)c1C. The van der Waals surface area contributed by atoms with Crippen molar-refractivity contribution in [3.05, 3.63) is 21.6 Å². The van der Waals surface area contributed by atoms with Crippen LogP contribution in [-0.2, 0) is 5.41 Å². The van der Waals surface area contributed by atoms with E-state index in [1.165, 1.54) is 0 Å². The van der Waals surface area contributed by atoms with Gasteiger partial charge in [0.15, 0.2) is 5.82 Å². The zero-order valence-electron chi connectivity index (χ0n) is 11.4. The van der Waals surface area contributed by atoms with Gasteiger partial charge >= 0.3 is 0 Å². The molecular formula is C13H18N4S. The summed E-state index contributed by atoms with van der Waals surface area (Å²) in [4.78, 5) is 13.4. The number of hydrogen-bond donors (Lipinski definition) is 1. The number of nitrogens with two attached hydrogens (primary N) is 1. The van der Waals surface area contributed by atoms with Crippen LogP contribution in [0.25, 0.3) is 11.5 Å². The number of nitrogen functional groups attached to an aromatic ring is 1. The van der Waals surface area contributed by atoms with Crippen LogP contribution < -0.4 is 5.73 Å². The molecule has 0 spiro atoms.